The molecule has 0 spiro atoms. The predicted octanol–water partition coefficient (Wildman–Crippen LogP) is 5.24. The van der Waals surface area contributed by atoms with Crippen LogP contribution >= 0.6 is 0 Å². The maximum absolute atomic E-state index is 14.6. The van der Waals surface area contributed by atoms with E-state index in [0.29, 0.717) is 11.5 Å². The van der Waals surface area contributed by atoms with Crippen molar-refractivity contribution >= 4 is 5.91 Å². The Morgan fingerprint density at radius 1 is 1.14 bits per heavy atom. The minimum atomic E-state index is -1.82. The van der Waals surface area contributed by atoms with Crippen molar-refractivity contribution in [3.05, 3.63) is 77.2 Å². The summed E-state index contributed by atoms with van der Waals surface area (Å²) in [7, 11) is 0. The minimum absolute atomic E-state index is 0.0454. The monoisotopic (exact) mass is 517 g/mol. The van der Waals surface area contributed by atoms with Crippen LogP contribution in [0.25, 0.3) is 11.5 Å². The Bertz CT molecular complexity index is 1210. The summed E-state index contributed by atoms with van der Waals surface area (Å²) >= 11 is 0. The molecule has 1 aromatic heterocycles. The van der Waals surface area contributed by atoms with Crippen molar-refractivity contribution < 1.29 is 27.5 Å². The van der Waals surface area contributed by atoms with Crippen LogP contribution in [0.1, 0.15) is 63.6 Å². The largest absolute Gasteiger partial charge is 0.440 e. The Kier molecular flexibility index (Phi) is 8.81. The van der Waals surface area contributed by atoms with Crippen molar-refractivity contribution in [2.75, 3.05) is 6.67 Å². The number of nitrogens with one attached hydrogen (secondary N) is 1. The van der Waals surface area contributed by atoms with Crippen LogP contribution < -0.4 is 11.1 Å². The van der Waals surface area contributed by atoms with E-state index in [2.05, 4.69) is 10.3 Å². The van der Waals surface area contributed by atoms with E-state index in [1.807, 2.05) is 51.1 Å². The molecule has 4 N–H and O–H groups in total. The van der Waals surface area contributed by atoms with E-state index in [0.717, 1.165) is 23.8 Å². The number of nitrogens with two attached hydrogens (primary N) is 1. The number of amides is 1. The maximum atomic E-state index is 14.6. The van der Waals surface area contributed by atoms with Crippen molar-refractivity contribution in [2.45, 2.75) is 64.6 Å². The molecule has 6 nitrogen and oxygen atoms in total. The minimum Gasteiger partial charge on any atom is -0.440 e. The number of aliphatic hydroxyl groups is 1. The van der Waals surface area contributed by atoms with Crippen LogP contribution in [-0.2, 0) is 11.2 Å². The molecule has 0 saturated carbocycles. The van der Waals surface area contributed by atoms with Gasteiger partial charge in [-0.15, -0.1) is 0 Å². The highest BCUT2D eigenvalue weighted by Gasteiger charge is 2.38. The lowest BCUT2D eigenvalue weighted by Gasteiger charge is -2.33. The Morgan fingerprint density at radius 3 is 2.43 bits per heavy atom. The molecular formula is C28H34F3N3O3. The van der Waals surface area contributed by atoms with Crippen LogP contribution in [0.4, 0.5) is 13.2 Å². The number of hydrogen-bond donors (Lipinski definition) is 3. The van der Waals surface area contributed by atoms with E-state index in [1.54, 1.807) is 0 Å². The second-order valence-electron chi connectivity index (χ2n) is 10.6. The van der Waals surface area contributed by atoms with Crippen LogP contribution in [0, 0.1) is 17.0 Å². The van der Waals surface area contributed by atoms with Gasteiger partial charge in [-0.3, -0.25) is 4.79 Å². The molecule has 0 bridgehead atoms. The number of nitrogens with zero attached hydrogens (tertiary/aromatic N) is 1. The predicted molar refractivity (Wildman–Crippen MR) is 135 cm³/mol. The van der Waals surface area contributed by atoms with Gasteiger partial charge in [0.05, 0.1) is 11.6 Å². The number of halogens is 3. The summed E-state index contributed by atoms with van der Waals surface area (Å²) in [5.74, 6) is -1.80. The Morgan fingerprint density at radius 2 is 1.81 bits per heavy atom. The second kappa shape index (κ2) is 11.5. The molecule has 1 heterocycles. The van der Waals surface area contributed by atoms with Gasteiger partial charge in [0.15, 0.2) is 0 Å². The van der Waals surface area contributed by atoms with Crippen LogP contribution in [-0.4, -0.2) is 34.3 Å². The number of aromatic nitrogens is 1. The highest BCUT2D eigenvalue weighted by atomic mass is 19.1. The number of benzene rings is 2. The molecule has 1 unspecified atom stereocenters. The summed E-state index contributed by atoms with van der Waals surface area (Å²) in [6.07, 6.45) is 0.351. The lowest BCUT2D eigenvalue weighted by atomic mass is 9.83. The molecule has 0 aliphatic rings. The molecule has 0 aliphatic heterocycles. The van der Waals surface area contributed by atoms with Crippen molar-refractivity contribution in [1.29, 1.82) is 0 Å². The normalized spacial score (nSPS) is 15.2. The highest BCUT2D eigenvalue weighted by molar-refractivity contribution is 5.84. The lowest BCUT2D eigenvalue weighted by molar-refractivity contribution is -0.140. The molecule has 2 aromatic carbocycles. The highest BCUT2D eigenvalue weighted by Crippen LogP contribution is 2.38. The molecule has 9 heteroatoms. The molecule has 0 saturated heterocycles. The van der Waals surface area contributed by atoms with Gasteiger partial charge < -0.3 is 20.6 Å². The summed E-state index contributed by atoms with van der Waals surface area (Å²) in [4.78, 5) is 17.7. The van der Waals surface area contributed by atoms with Gasteiger partial charge in [0.1, 0.15) is 35.4 Å². The third kappa shape index (κ3) is 7.20. The van der Waals surface area contributed by atoms with E-state index in [4.69, 9.17) is 10.2 Å². The smallest absolute Gasteiger partial charge is 0.252 e. The first-order chi connectivity index (χ1) is 17.3. The van der Waals surface area contributed by atoms with Crippen LogP contribution in [0.5, 0.6) is 0 Å². The summed E-state index contributed by atoms with van der Waals surface area (Å²) in [6, 6.07) is 10.8. The molecule has 37 heavy (non-hydrogen) atoms. The number of oxazole rings is 1. The average molecular weight is 518 g/mol. The zero-order valence-electron chi connectivity index (χ0n) is 21.5. The zero-order chi connectivity index (χ0) is 27.4. The van der Waals surface area contributed by atoms with Gasteiger partial charge in [-0.25, -0.2) is 18.2 Å². The van der Waals surface area contributed by atoms with E-state index in [-0.39, 0.29) is 30.7 Å². The molecule has 3 rings (SSSR count). The summed E-state index contributed by atoms with van der Waals surface area (Å²) in [5.41, 5.74) is 4.25. The van der Waals surface area contributed by atoms with Crippen LogP contribution in [0.2, 0.25) is 0 Å². The fraction of sp³-hybridized carbons (Fsp3) is 0.429. The van der Waals surface area contributed by atoms with Gasteiger partial charge in [-0.05, 0) is 48.9 Å². The quantitative estimate of drug-likeness (QED) is 0.341. The molecule has 3 atom stereocenters. The van der Waals surface area contributed by atoms with Gasteiger partial charge >= 0.3 is 0 Å². The van der Waals surface area contributed by atoms with Gasteiger partial charge in [0.25, 0.3) is 5.91 Å². The summed E-state index contributed by atoms with van der Waals surface area (Å²) in [5, 5.41) is 13.7. The van der Waals surface area contributed by atoms with E-state index in [9.17, 15) is 23.1 Å². The first-order valence-corrected chi connectivity index (χ1v) is 12.2. The Labute approximate surface area is 215 Å². The van der Waals surface area contributed by atoms with Gasteiger partial charge in [0, 0.05) is 12.5 Å². The van der Waals surface area contributed by atoms with E-state index in [1.165, 1.54) is 6.92 Å². The Hall–Kier alpha value is -3.17. The maximum Gasteiger partial charge on any atom is 0.252 e. The fourth-order valence-corrected chi connectivity index (χ4v) is 3.91. The van der Waals surface area contributed by atoms with E-state index < -0.39 is 47.3 Å². The molecule has 200 valence electrons. The average Bonchev–Trinajstić information content (AvgIpc) is 3.24. The summed E-state index contributed by atoms with van der Waals surface area (Å²) in [6.45, 7) is 6.19. The van der Waals surface area contributed by atoms with Gasteiger partial charge in [0.2, 0.25) is 5.89 Å². The number of hydrogen-bond acceptors (Lipinski definition) is 5. The zero-order valence-corrected chi connectivity index (χ0v) is 21.5. The van der Waals surface area contributed by atoms with E-state index >= 15 is 0 Å². The molecule has 0 aliphatic carbocycles. The van der Waals surface area contributed by atoms with Crippen LogP contribution in [0.3, 0.4) is 0 Å². The first kappa shape index (κ1) is 28.4. The Balaban J connectivity index is 2.04. The SMILES string of the molecule is CC(O)(CC[C@H](N)CF)C(=O)N[C@@H](c1nc(-c2cc(F)ccc2F)oc1Cc1ccccc1)C(C)(C)C. The third-order valence-electron chi connectivity index (χ3n) is 6.20. The molecule has 1 amide bonds. The molecule has 3 aromatic rings. The standard InChI is InChI=1S/C28H34F3N3O3/c1-27(2,3)24(34-26(35)28(4,36)13-12-19(32)16-29)23-22(14-17-8-6-5-7-9-17)37-25(33-23)20-15-18(30)10-11-21(20)31/h5-11,15,19,24,36H,12-14,16,32H2,1-4H3,(H,34,35)/t19-,24-,28?/m0/s1. The summed E-state index contributed by atoms with van der Waals surface area (Å²) < 4.78 is 47.3. The molecule has 0 radical (unpaired) electrons. The molecule has 0 fully saturated rings. The number of rotatable bonds is 10. The second-order valence-corrected chi connectivity index (χ2v) is 10.6. The molecular weight excluding hydrogens is 483 g/mol. The van der Waals surface area contributed by atoms with Gasteiger partial charge in [-0.1, -0.05) is 51.1 Å². The number of carbonyl (C=O) groups excluding carboxylic acids is 1. The van der Waals surface area contributed by atoms with Gasteiger partial charge in [-0.2, -0.15) is 0 Å². The fourth-order valence-electron chi connectivity index (χ4n) is 3.91. The third-order valence-corrected chi connectivity index (χ3v) is 6.20. The number of carbonyl (C=O) groups is 1. The van der Waals surface area contributed by atoms with Crippen molar-refractivity contribution in [3.63, 3.8) is 0 Å². The van der Waals surface area contributed by atoms with Crippen molar-refractivity contribution in [3.8, 4) is 11.5 Å². The number of alkyl halides is 1. The first-order valence-electron chi connectivity index (χ1n) is 12.2. The van der Waals surface area contributed by atoms with Crippen LogP contribution in [0.15, 0.2) is 52.9 Å². The topological polar surface area (TPSA) is 101 Å². The lowest BCUT2D eigenvalue weighted by Crippen LogP contribution is -2.49. The van der Waals surface area contributed by atoms with Crippen molar-refractivity contribution in [2.24, 2.45) is 11.1 Å². The van der Waals surface area contributed by atoms with Crippen molar-refractivity contribution in [1.82, 2.24) is 10.3 Å².